The number of aliphatic hydroxyl groups is 2. The molecule has 2 fully saturated rings. The largest absolute Gasteiger partial charge is 0.387 e. The van der Waals surface area contributed by atoms with E-state index >= 15 is 0 Å². The lowest BCUT2D eigenvalue weighted by Crippen LogP contribution is -2.63. The summed E-state index contributed by atoms with van der Waals surface area (Å²) in [6.07, 6.45) is -7.30. The van der Waals surface area contributed by atoms with Crippen LogP contribution in [-0.4, -0.2) is 83.6 Å². The zero-order valence-corrected chi connectivity index (χ0v) is 31.2. The van der Waals surface area contributed by atoms with Crippen molar-refractivity contribution in [3.63, 3.8) is 0 Å². The summed E-state index contributed by atoms with van der Waals surface area (Å²) in [6.45, 7) is 5.76. The number of hydrogen-bond donors (Lipinski definition) is 2. The Kier molecular flexibility index (Phi) is 15.3. The maximum atomic E-state index is 11.6. The molecule has 2 aliphatic rings. The minimum atomic E-state index is -1.33. The van der Waals surface area contributed by atoms with E-state index in [1.165, 1.54) is 0 Å². The van der Waals surface area contributed by atoms with E-state index in [2.05, 4.69) is 13.8 Å². The molecule has 2 aliphatic heterocycles. The summed E-state index contributed by atoms with van der Waals surface area (Å²) in [6, 6.07) is 39.5. The standard InChI is InChI=1S/C43H52O9S/c1-3-53-43-30(2)39(48-26-33-20-12-6-13-21-33)40(36(51-43)29-47-25-32-18-10-5-11-19-32)52-42-41(49-27-34-22-14-7-15-23-34)38(45)37(44)35(50-42)28-46-24-31-16-8-4-9-17-31/h4-23,30,35-45H,3,24-29H2,1-2H3/t30?,35?,36?,37-,38-,39-,40-,41?,42-,43-/m0/s1. The third-order valence-corrected chi connectivity index (χ3v) is 10.8. The fourth-order valence-corrected chi connectivity index (χ4v) is 7.70. The molecule has 4 unspecified atom stereocenters. The van der Waals surface area contributed by atoms with Crippen LogP contribution in [-0.2, 0) is 59.6 Å². The highest BCUT2D eigenvalue weighted by atomic mass is 32.2. The summed E-state index contributed by atoms with van der Waals surface area (Å²) in [5, 5.41) is 23.0. The first-order chi connectivity index (χ1) is 26.0. The summed E-state index contributed by atoms with van der Waals surface area (Å²) in [5.41, 5.74) is 3.81. The Bertz CT molecular complexity index is 1580. The van der Waals surface area contributed by atoms with E-state index in [0.29, 0.717) is 19.8 Å². The predicted molar refractivity (Wildman–Crippen MR) is 204 cm³/mol. The third kappa shape index (κ3) is 11.2. The van der Waals surface area contributed by atoms with Gasteiger partial charge in [0.05, 0.1) is 45.7 Å². The van der Waals surface area contributed by atoms with Gasteiger partial charge in [0.1, 0.15) is 42.1 Å². The molecule has 284 valence electrons. The number of hydrogen-bond acceptors (Lipinski definition) is 10. The lowest BCUT2D eigenvalue weighted by atomic mass is 9.92. The van der Waals surface area contributed by atoms with E-state index < -0.39 is 49.0 Å². The van der Waals surface area contributed by atoms with Gasteiger partial charge < -0.3 is 43.4 Å². The van der Waals surface area contributed by atoms with Crippen LogP contribution in [0.4, 0.5) is 0 Å². The molecule has 0 aromatic heterocycles. The van der Waals surface area contributed by atoms with Crippen LogP contribution < -0.4 is 0 Å². The highest BCUT2D eigenvalue weighted by Crippen LogP contribution is 2.38. The third-order valence-electron chi connectivity index (χ3n) is 9.57. The van der Waals surface area contributed by atoms with Crippen molar-refractivity contribution >= 4 is 11.8 Å². The van der Waals surface area contributed by atoms with Crippen LogP contribution >= 0.6 is 11.8 Å². The van der Waals surface area contributed by atoms with E-state index in [9.17, 15) is 10.2 Å². The molecule has 4 aromatic carbocycles. The van der Waals surface area contributed by atoms with Crippen LogP contribution in [0, 0.1) is 5.92 Å². The highest BCUT2D eigenvalue weighted by molar-refractivity contribution is 7.99. The molecule has 2 N–H and O–H groups in total. The van der Waals surface area contributed by atoms with Gasteiger partial charge >= 0.3 is 0 Å². The van der Waals surface area contributed by atoms with Gasteiger partial charge in [0.2, 0.25) is 0 Å². The van der Waals surface area contributed by atoms with Crippen molar-refractivity contribution in [3.8, 4) is 0 Å². The molecule has 0 spiro atoms. The molecule has 10 heteroatoms. The summed E-state index contributed by atoms with van der Waals surface area (Å²) in [5.74, 6) is 0.784. The average Bonchev–Trinajstić information content (AvgIpc) is 3.19. The number of thioether (sulfide) groups is 1. The second-order valence-electron chi connectivity index (χ2n) is 13.5. The van der Waals surface area contributed by atoms with Crippen molar-refractivity contribution in [1.82, 2.24) is 0 Å². The quantitative estimate of drug-likeness (QED) is 0.117. The van der Waals surface area contributed by atoms with Gasteiger partial charge in [-0.2, -0.15) is 0 Å². The van der Waals surface area contributed by atoms with Gasteiger partial charge in [0.15, 0.2) is 6.29 Å². The monoisotopic (exact) mass is 744 g/mol. The molecule has 53 heavy (non-hydrogen) atoms. The van der Waals surface area contributed by atoms with Crippen molar-refractivity contribution < 1.29 is 43.4 Å². The second-order valence-corrected chi connectivity index (χ2v) is 14.9. The Labute approximate surface area is 317 Å². The van der Waals surface area contributed by atoms with Crippen LogP contribution in [0.25, 0.3) is 0 Å². The Morgan fingerprint density at radius 1 is 0.547 bits per heavy atom. The van der Waals surface area contributed by atoms with E-state index in [0.717, 1.165) is 28.0 Å². The Morgan fingerprint density at radius 2 is 1.00 bits per heavy atom. The lowest BCUT2D eigenvalue weighted by molar-refractivity contribution is -0.347. The van der Waals surface area contributed by atoms with E-state index in [1.807, 2.05) is 121 Å². The topological polar surface area (TPSA) is 105 Å². The molecule has 0 aliphatic carbocycles. The molecular weight excluding hydrogens is 693 g/mol. The molecule has 4 aromatic rings. The van der Waals surface area contributed by atoms with Crippen LogP contribution in [0.15, 0.2) is 121 Å². The zero-order valence-electron chi connectivity index (χ0n) is 30.4. The van der Waals surface area contributed by atoms with Gasteiger partial charge in [0, 0.05) is 5.92 Å². The molecule has 0 radical (unpaired) electrons. The molecule has 2 saturated heterocycles. The number of rotatable bonds is 18. The van der Waals surface area contributed by atoms with Crippen molar-refractivity contribution in [1.29, 1.82) is 0 Å². The van der Waals surface area contributed by atoms with Crippen LogP contribution in [0.5, 0.6) is 0 Å². The number of ether oxygens (including phenoxy) is 7. The maximum absolute atomic E-state index is 11.6. The average molecular weight is 745 g/mol. The molecule has 0 amide bonds. The molecule has 0 bridgehead atoms. The molecule has 2 heterocycles. The maximum Gasteiger partial charge on any atom is 0.187 e. The van der Waals surface area contributed by atoms with Gasteiger partial charge in [-0.1, -0.05) is 135 Å². The summed E-state index contributed by atoms with van der Waals surface area (Å²) < 4.78 is 45.6. The Morgan fingerprint density at radius 3 is 1.49 bits per heavy atom. The number of aliphatic hydroxyl groups excluding tert-OH is 2. The molecule has 0 saturated carbocycles. The van der Waals surface area contributed by atoms with Crippen molar-refractivity contribution in [2.75, 3.05) is 19.0 Å². The van der Waals surface area contributed by atoms with Crippen molar-refractivity contribution in [2.45, 2.75) is 94.7 Å². The van der Waals surface area contributed by atoms with Crippen molar-refractivity contribution in [2.24, 2.45) is 5.92 Å². The van der Waals surface area contributed by atoms with E-state index in [4.69, 9.17) is 33.2 Å². The van der Waals surface area contributed by atoms with Gasteiger partial charge in [-0.25, -0.2) is 0 Å². The molecule has 6 rings (SSSR count). The smallest absolute Gasteiger partial charge is 0.187 e. The predicted octanol–water partition coefficient (Wildman–Crippen LogP) is 6.54. The zero-order chi connectivity index (χ0) is 36.8. The molecule has 10 atom stereocenters. The number of benzene rings is 4. The second kappa shape index (κ2) is 20.5. The minimum Gasteiger partial charge on any atom is -0.387 e. The van der Waals surface area contributed by atoms with E-state index in [1.54, 1.807) is 11.8 Å². The first kappa shape index (κ1) is 39.6. The Hall–Kier alpha value is -3.13. The normalized spacial score (nSPS) is 28.8. The lowest BCUT2D eigenvalue weighted by Gasteiger charge is -2.49. The van der Waals surface area contributed by atoms with Gasteiger partial charge in [0.25, 0.3) is 0 Å². The summed E-state index contributed by atoms with van der Waals surface area (Å²) in [7, 11) is 0. The SMILES string of the molecule is CCS[C@@H]1OC(COCc2ccccc2)[C@H](O[C@@H]2OC(COCc3ccccc3)[C@H](O)[C@H](O)C2OCc2ccccc2)[C@@H](OCc2ccccc2)C1C. The van der Waals surface area contributed by atoms with Crippen LogP contribution in [0.3, 0.4) is 0 Å². The summed E-state index contributed by atoms with van der Waals surface area (Å²) in [4.78, 5) is 0. The van der Waals surface area contributed by atoms with Gasteiger partial charge in [-0.15, -0.1) is 11.8 Å². The van der Waals surface area contributed by atoms with E-state index in [-0.39, 0.29) is 31.2 Å². The van der Waals surface area contributed by atoms with Gasteiger partial charge in [-0.05, 0) is 28.0 Å². The van der Waals surface area contributed by atoms with Crippen LogP contribution in [0.1, 0.15) is 36.1 Å². The van der Waals surface area contributed by atoms with Crippen LogP contribution in [0.2, 0.25) is 0 Å². The first-order valence-electron chi connectivity index (χ1n) is 18.5. The molecule has 9 nitrogen and oxygen atoms in total. The molecular formula is C43H52O9S. The fraction of sp³-hybridized carbons (Fsp3) is 0.442. The van der Waals surface area contributed by atoms with Gasteiger partial charge in [-0.3, -0.25) is 0 Å². The minimum absolute atomic E-state index is 0.0305. The Balaban J connectivity index is 1.26. The fourth-order valence-electron chi connectivity index (χ4n) is 6.69. The first-order valence-corrected chi connectivity index (χ1v) is 19.5. The van der Waals surface area contributed by atoms with Crippen molar-refractivity contribution in [3.05, 3.63) is 144 Å². The highest BCUT2D eigenvalue weighted by Gasteiger charge is 2.51. The summed E-state index contributed by atoms with van der Waals surface area (Å²) >= 11 is 1.72.